The van der Waals surface area contributed by atoms with Gasteiger partial charge in [-0.15, -0.1) is 0 Å². The zero-order valence-corrected chi connectivity index (χ0v) is 15.1. The molecule has 1 aromatic carbocycles. The Balaban J connectivity index is 1.52. The van der Waals surface area contributed by atoms with Crippen LogP contribution in [0.3, 0.4) is 0 Å². The molecule has 0 bridgehead atoms. The largest absolute Gasteiger partial charge is 0.493 e. The average Bonchev–Trinajstić information content (AvgIpc) is 2.72. The fraction of sp³-hybridized carbons (Fsp3) is 0.333. The molecule has 6 heteroatoms. The Bertz CT molecular complexity index is 879. The number of benzene rings is 1. The molecule has 0 spiro atoms. The van der Waals surface area contributed by atoms with Gasteiger partial charge < -0.3 is 20.5 Å². The topological polar surface area (TPSA) is 83.5 Å². The van der Waals surface area contributed by atoms with Gasteiger partial charge >= 0.3 is 5.97 Å². The Morgan fingerprint density at radius 3 is 3.11 bits per heavy atom. The molecule has 1 atom stereocenters. The summed E-state index contributed by atoms with van der Waals surface area (Å²) in [4.78, 5) is 15.4. The van der Waals surface area contributed by atoms with Crippen LogP contribution in [-0.4, -0.2) is 42.3 Å². The molecule has 4 rings (SSSR count). The van der Waals surface area contributed by atoms with Crippen LogP contribution in [0.4, 0.5) is 5.69 Å². The molecule has 2 aromatic rings. The van der Waals surface area contributed by atoms with Gasteiger partial charge in [-0.25, -0.2) is 4.79 Å². The number of hydrogen-bond donors (Lipinski definition) is 3. The Hall–Kier alpha value is -2.86. The third kappa shape index (κ3) is 3.80. The maximum absolute atomic E-state index is 11.4. The fourth-order valence-electron chi connectivity index (χ4n) is 3.71. The number of rotatable bonds is 5. The van der Waals surface area contributed by atoms with E-state index in [1.807, 2.05) is 0 Å². The summed E-state index contributed by atoms with van der Waals surface area (Å²) in [6.07, 6.45) is 7.23. The van der Waals surface area contributed by atoms with E-state index in [1.54, 1.807) is 6.20 Å². The maximum Gasteiger partial charge on any atom is 0.337 e. The van der Waals surface area contributed by atoms with Crippen molar-refractivity contribution in [3.8, 4) is 5.75 Å². The molecule has 3 N–H and O–H groups in total. The molecule has 0 fully saturated rings. The zero-order chi connectivity index (χ0) is 18.6. The molecule has 0 radical (unpaired) electrons. The van der Waals surface area contributed by atoms with Crippen LogP contribution >= 0.6 is 0 Å². The van der Waals surface area contributed by atoms with Crippen molar-refractivity contribution in [2.24, 2.45) is 0 Å². The predicted molar refractivity (Wildman–Crippen MR) is 104 cm³/mol. The number of aromatic carboxylic acids is 1. The number of hydrogen-bond acceptors (Lipinski definition) is 5. The molecule has 6 nitrogen and oxygen atoms in total. The third-order valence-corrected chi connectivity index (χ3v) is 5.20. The van der Waals surface area contributed by atoms with Crippen molar-refractivity contribution in [1.29, 1.82) is 0 Å². The maximum atomic E-state index is 11.4. The van der Waals surface area contributed by atoms with Gasteiger partial charge in [-0.05, 0) is 48.2 Å². The van der Waals surface area contributed by atoms with Crippen LogP contribution in [0.2, 0.25) is 0 Å². The van der Waals surface area contributed by atoms with Crippen molar-refractivity contribution in [2.75, 3.05) is 31.6 Å². The lowest BCUT2D eigenvalue weighted by atomic mass is 9.90. The van der Waals surface area contributed by atoms with E-state index in [0.29, 0.717) is 18.8 Å². The Morgan fingerprint density at radius 2 is 2.30 bits per heavy atom. The zero-order valence-electron chi connectivity index (χ0n) is 15.1. The monoisotopic (exact) mass is 365 g/mol. The van der Waals surface area contributed by atoms with E-state index in [1.165, 1.54) is 29.0 Å². The molecule has 0 saturated heterocycles. The number of fused-ring (bicyclic) bond motifs is 1. The summed E-state index contributed by atoms with van der Waals surface area (Å²) >= 11 is 0. The molecule has 2 aliphatic rings. The lowest BCUT2D eigenvalue weighted by Crippen LogP contribution is -2.22. The lowest BCUT2D eigenvalue weighted by molar-refractivity contribution is 0.0697. The first kappa shape index (κ1) is 17.5. The van der Waals surface area contributed by atoms with Gasteiger partial charge in [0.15, 0.2) is 0 Å². The summed E-state index contributed by atoms with van der Waals surface area (Å²) in [7, 11) is 0. The van der Waals surface area contributed by atoms with E-state index in [2.05, 4.69) is 39.9 Å². The van der Waals surface area contributed by atoms with Gasteiger partial charge in [0.2, 0.25) is 0 Å². The van der Waals surface area contributed by atoms with Gasteiger partial charge in [-0.1, -0.05) is 18.2 Å². The molecule has 1 unspecified atom stereocenters. The van der Waals surface area contributed by atoms with E-state index >= 15 is 0 Å². The summed E-state index contributed by atoms with van der Waals surface area (Å²) in [5, 5.41) is 15.9. The number of pyridine rings is 1. The average molecular weight is 365 g/mol. The first-order chi connectivity index (χ1) is 13.2. The number of ether oxygens (including phenoxy) is 1. The Morgan fingerprint density at radius 1 is 1.37 bits per heavy atom. The van der Waals surface area contributed by atoms with Crippen molar-refractivity contribution in [3.05, 3.63) is 59.4 Å². The molecule has 0 aliphatic carbocycles. The van der Waals surface area contributed by atoms with Gasteiger partial charge in [0.1, 0.15) is 5.75 Å². The number of nitrogens with one attached hydrogen (secondary N) is 2. The second kappa shape index (κ2) is 7.80. The van der Waals surface area contributed by atoms with E-state index in [9.17, 15) is 9.90 Å². The highest BCUT2D eigenvalue weighted by Gasteiger charge is 2.23. The summed E-state index contributed by atoms with van der Waals surface area (Å²) in [5.74, 6) is 0.258. The van der Waals surface area contributed by atoms with E-state index < -0.39 is 5.97 Å². The second-order valence-corrected chi connectivity index (χ2v) is 6.88. The molecular weight excluding hydrogens is 342 g/mol. The quantitative estimate of drug-likeness (QED) is 0.755. The molecule has 2 aliphatic heterocycles. The molecule has 0 amide bonds. The normalized spacial score (nSPS) is 18.8. The fourth-order valence-corrected chi connectivity index (χ4v) is 3.71. The highest BCUT2D eigenvalue weighted by molar-refractivity contribution is 5.93. The standard InChI is InChI=1S/C21H23N3O3/c25-21(26)18-5-9-23-13-19(18)24-12-16-6-10-27-20-11-15(1-2-17(16)20)14-3-7-22-8-4-14/h1-3,5,9,11,13,16,22,24H,4,6-8,10,12H2,(H,25,26). The van der Waals surface area contributed by atoms with Crippen LogP contribution in [0.25, 0.3) is 5.57 Å². The van der Waals surface area contributed by atoms with E-state index in [4.69, 9.17) is 4.74 Å². The summed E-state index contributed by atoms with van der Waals surface area (Å²) < 4.78 is 5.92. The van der Waals surface area contributed by atoms with Crippen molar-refractivity contribution in [2.45, 2.75) is 18.8 Å². The molecule has 3 heterocycles. The highest BCUT2D eigenvalue weighted by Crippen LogP contribution is 2.36. The smallest absolute Gasteiger partial charge is 0.337 e. The Kier molecular flexibility index (Phi) is 5.07. The van der Waals surface area contributed by atoms with E-state index in [0.717, 1.165) is 31.7 Å². The van der Waals surface area contributed by atoms with Crippen LogP contribution in [-0.2, 0) is 0 Å². The molecule has 27 heavy (non-hydrogen) atoms. The van der Waals surface area contributed by atoms with Crippen LogP contribution in [0.1, 0.15) is 40.2 Å². The summed E-state index contributed by atoms with van der Waals surface area (Å²) in [5.41, 5.74) is 4.55. The highest BCUT2D eigenvalue weighted by atomic mass is 16.5. The van der Waals surface area contributed by atoms with Gasteiger partial charge in [0.05, 0.1) is 24.1 Å². The number of carboxylic acid groups (broad SMARTS) is 1. The van der Waals surface area contributed by atoms with Crippen LogP contribution in [0.15, 0.2) is 42.7 Å². The number of carbonyl (C=O) groups is 1. The summed E-state index contributed by atoms with van der Waals surface area (Å²) in [6.45, 7) is 3.24. The van der Waals surface area contributed by atoms with Crippen molar-refractivity contribution in [3.63, 3.8) is 0 Å². The van der Waals surface area contributed by atoms with Gasteiger partial charge in [-0.3, -0.25) is 4.98 Å². The Labute approximate surface area is 158 Å². The van der Waals surface area contributed by atoms with Crippen molar-refractivity contribution >= 4 is 17.2 Å². The molecular formula is C21H23N3O3. The number of aromatic nitrogens is 1. The predicted octanol–water partition coefficient (Wildman–Crippen LogP) is 3.13. The van der Waals surface area contributed by atoms with Crippen molar-refractivity contribution < 1.29 is 14.6 Å². The van der Waals surface area contributed by atoms with Crippen LogP contribution < -0.4 is 15.4 Å². The van der Waals surface area contributed by atoms with Crippen molar-refractivity contribution in [1.82, 2.24) is 10.3 Å². The number of carboxylic acids is 1. The van der Waals surface area contributed by atoms with Crippen LogP contribution in [0, 0.1) is 0 Å². The second-order valence-electron chi connectivity index (χ2n) is 6.88. The molecule has 0 saturated carbocycles. The molecule has 1 aromatic heterocycles. The van der Waals surface area contributed by atoms with Crippen LogP contribution in [0.5, 0.6) is 5.75 Å². The number of anilines is 1. The first-order valence-electron chi connectivity index (χ1n) is 9.30. The lowest BCUT2D eigenvalue weighted by Gasteiger charge is -2.27. The van der Waals surface area contributed by atoms with E-state index in [-0.39, 0.29) is 11.5 Å². The molecule has 140 valence electrons. The minimum Gasteiger partial charge on any atom is -0.493 e. The van der Waals surface area contributed by atoms with Gasteiger partial charge in [0.25, 0.3) is 0 Å². The minimum absolute atomic E-state index is 0.241. The summed E-state index contributed by atoms with van der Waals surface area (Å²) in [6, 6.07) is 7.98. The number of nitrogens with zero attached hydrogens (tertiary/aromatic N) is 1. The minimum atomic E-state index is -0.952. The van der Waals surface area contributed by atoms with Gasteiger partial charge in [0, 0.05) is 25.2 Å². The third-order valence-electron chi connectivity index (χ3n) is 5.20. The van der Waals surface area contributed by atoms with Gasteiger partial charge in [-0.2, -0.15) is 0 Å². The SMILES string of the molecule is O=C(O)c1ccncc1NCC1CCOc2cc(C3=CCNCC3)ccc21. The first-order valence-corrected chi connectivity index (χ1v) is 9.30.